The molecule has 0 bridgehead atoms. The van der Waals surface area contributed by atoms with Crippen molar-refractivity contribution in [3.05, 3.63) is 62.4 Å². The van der Waals surface area contributed by atoms with Crippen LogP contribution in [0.2, 0.25) is 0 Å². The first-order valence-electron chi connectivity index (χ1n) is 9.39. The van der Waals surface area contributed by atoms with Crippen LogP contribution in [-0.2, 0) is 0 Å². The van der Waals surface area contributed by atoms with Crippen LogP contribution in [0, 0.1) is 0 Å². The average molecular weight is 515 g/mol. The number of thiophene rings is 1. The topological polar surface area (TPSA) is 79.2 Å². The molecule has 11 heteroatoms. The third-order valence-electron chi connectivity index (χ3n) is 5.05. The summed E-state index contributed by atoms with van der Waals surface area (Å²) in [6.45, 7) is 1.62. The molecule has 31 heavy (non-hydrogen) atoms. The predicted molar refractivity (Wildman–Crippen MR) is 115 cm³/mol. The summed E-state index contributed by atoms with van der Waals surface area (Å²) >= 11 is 4.63. The molecule has 164 valence electrons. The van der Waals surface area contributed by atoms with Gasteiger partial charge in [0.2, 0.25) is 0 Å². The molecule has 0 fully saturated rings. The zero-order chi connectivity index (χ0) is 22.3. The number of amides is 1. The lowest BCUT2D eigenvalue weighted by Crippen LogP contribution is -2.35. The van der Waals surface area contributed by atoms with Gasteiger partial charge in [-0.05, 0) is 52.0 Å². The number of aromatic nitrogens is 2. The van der Waals surface area contributed by atoms with E-state index in [0.717, 1.165) is 9.56 Å². The fourth-order valence-corrected chi connectivity index (χ4v) is 4.79. The van der Waals surface area contributed by atoms with Crippen LogP contribution < -0.4 is 10.6 Å². The molecule has 0 unspecified atom stereocenters. The van der Waals surface area contributed by atoms with E-state index in [1.54, 1.807) is 43.3 Å². The second kappa shape index (κ2) is 8.29. The molecule has 6 nitrogen and oxygen atoms in total. The van der Waals surface area contributed by atoms with Crippen LogP contribution in [0.15, 0.2) is 46.3 Å². The first-order valence-corrected chi connectivity index (χ1v) is 11.1. The minimum absolute atomic E-state index is 0.113. The summed E-state index contributed by atoms with van der Waals surface area (Å²) in [4.78, 5) is 13.5. The predicted octanol–water partition coefficient (Wildman–Crippen LogP) is 5.67. The summed E-state index contributed by atoms with van der Waals surface area (Å²) in [5.41, 5.74) is 0.959. The lowest BCUT2D eigenvalue weighted by molar-refractivity contribution is -0.173. The molecule has 3 atom stereocenters. The average Bonchev–Trinajstić information content (AvgIpc) is 3.35. The van der Waals surface area contributed by atoms with Gasteiger partial charge in [-0.2, -0.15) is 18.3 Å². The minimum Gasteiger partial charge on any atom is -0.389 e. The van der Waals surface area contributed by atoms with E-state index in [4.69, 9.17) is 0 Å². The zero-order valence-corrected chi connectivity index (χ0v) is 18.6. The molecule has 0 spiro atoms. The SMILES string of the molecule is C[C@H](O)c1ccc(NC(=O)c2nn3c(c2Br)N[C@H](c2cccs2)C[C@H]3C(F)(F)F)cc1. The number of halogens is 4. The van der Waals surface area contributed by atoms with Crippen molar-refractivity contribution in [3.8, 4) is 0 Å². The Morgan fingerprint density at radius 1 is 1.35 bits per heavy atom. The van der Waals surface area contributed by atoms with E-state index in [1.807, 2.05) is 5.38 Å². The summed E-state index contributed by atoms with van der Waals surface area (Å²) < 4.78 is 42.4. The van der Waals surface area contributed by atoms with Gasteiger partial charge in [-0.3, -0.25) is 4.79 Å². The molecule has 0 saturated carbocycles. The number of nitrogens with zero attached hydrogens (tertiary/aromatic N) is 2. The number of hydrogen-bond donors (Lipinski definition) is 3. The van der Waals surface area contributed by atoms with Gasteiger partial charge in [-0.1, -0.05) is 18.2 Å². The molecule has 1 amide bonds. The number of nitrogens with one attached hydrogen (secondary N) is 2. The van der Waals surface area contributed by atoms with Crippen molar-refractivity contribution in [1.82, 2.24) is 9.78 Å². The maximum Gasteiger partial charge on any atom is 0.410 e. The summed E-state index contributed by atoms with van der Waals surface area (Å²) in [6.07, 6.45) is -5.41. The van der Waals surface area contributed by atoms with Crippen LogP contribution in [0.3, 0.4) is 0 Å². The molecular formula is C20H18BrF3N4O2S. The van der Waals surface area contributed by atoms with E-state index in [1.165, 1.54) is 11.3 Å². The Labute approximate surface area is 188 Å². The van der Waals surface area contributed by atoms with Crippen molar-refractivity contribution in [2.75, 3.05) is 10.6 Å². The van der Waals surface area contributed by atoms with Crippen LogP contribution in [0.25, 0.3) is 0 Å². The van der Waals surface area contributed by atoms with Gasteiger partial charge in [0.1, 0.15) is 5.82 Å². The van der Waals surface area contributed by atoms with Crippen molar-refractivity contribution in [3.63, 3.8) is 0 Å². The first kappa shape index (κ1) is 21.8. The van der Waals surface area contributed by atoms with E-state index in [9.17, 15) is 23.1 Å². The van der Waals surface area contributed by atoms with E-state index in [2.05, 4.69) is 31.7 Å². The Kier molecular flexibility index (Phi) is 5.84. The molecule has 3 heterocycles. The molecule has 0 saturated heterocycles. The standard InChI is InChI=1S/C20H18BrF3N4O2S/c1-10(29)11-4-6-12(7-5-11)25-19(30)17-16(21)18-26-13(14-3-2-8-31-14)9-15(20(22,23)24)28(18)27-17/h2-8,10,13,15,26,29H,9H2,1H3,(H,25,30)/t10-,13-,15-/m0/s1. The molecule has 0 radical (unpaired) electrons. The van der Waals surface area contributed by atoms with Gasteiger partial charge in [0.15, 0.2) is 11.7 Å². The minimum atomic E-state index is -4.53. The fraction of sp³-hybridized carbons (Fsp3) is 0.300. The maximum absolute atomic E-state index is 13.8. The lowest BCUT2D eigenvalue weighted by Gasteiger charge is -2.33. The van der Waals surface area contributed by atoms with E-state index >= 15 is 0 Å². The van der Waals surface area contributed by atoms with Crippen molar-refractivity contribution in [2.24, 2.45) is 0 Å². The third kappa shape index (κ3) is 4.35. The number of aliphatic hydroxyl groups excluding tert-OH is 1. The molecule has 1 aromatic carbocycles. The van der Waals surface area contributed by atoms with Gasteiger partial charge in [-0.25, -0.2) is 4.68 Å². The number of carbonyl (C=O) groups is 1. The molecule has 4 rings (SSSR count). The highest BCUT2D eigenvalue weighted by molar-refractivity contribution is 9.10. The van der Waals surface area contributed by atoms with Crippen molar-refractivity contribution in [2.45, 2.75) is 37.7 Å². The highest BCUT2D eigenvalue weighted by Crippen LogP contribution is 2.46. The van der Waals surface area contributed by atoms with Gasteiger partial charge >= 0.3 is 6.18 Å². The normalized spacial score (nSPS) is 19.4. The van der Waals surface area contributed by atoms with Gasteiger partial charge < -0.3 is 15.7 Å². The Morgan fingerprint density at radius 3 is 2.65 bits per heavy atom. The Hall–Kier alpha value is -2.37. The van der Waals surface area contributed by atoms with Crippen molar-refractivity contribution in [1.29, 1.82) is 0 Å². The van der Waals surface area contributed by atoms with Crippen LogP contribution in [0.1, 0.15) is 52.5 Å². The number of fused-ring (bicyclic) bond motifs is 1. The first-order chi connectivity index (χ1) is 14.6. The number of aliphatic hydroxyl groups is 1. The number of hydrogen-bond acceptors (Lipinski definition) is 5. The number of anilines is 2. The zero-order valence-electron chi connectivity index (χ0n) is 16.2. The molecule has 1 aliphatic rings. The van der Waals surface area contributed by atoms with Gasteiger partial charge in [0.05, 0.1) is 16.6 Å². The fourth-order valence-electron chi connectivity index (χ4n) is 3.45. The Morgan fingerprint density at radius 2 is 2.06 bits per heavy atom. The molecule has 2 aromatic heterocycles. The molecule has 3 N–H and O–H groups in total. The summed E-state index contributed by atoms with van der Waals surface area (Å²) in [5.74, 6) is -0.532. The molecular weight excluding hydrogens is 497 g/mol. The van der Waals surface area contributed by atoms with Crippen LogP contribution >= 0.6 is 27.3 Å². The van der Waals surface area contributed by atoms with Crippen molar-refractivity contribution < 1.29 is 23.1 Å². The number of benzene rings is 1. The summed E-state index contributed by atoms with van der Waals surface area (Å²) in [7, 11) is 0. The number of carbonyl (C=O) groups excluding carboxylic acids is 1. The van der Waals surface area contributed by atoms with Gasteiger partial charge in [0.25, 0.3) is 5.91 Å². The molecule has 1 aliphatic heterocycles. The monoisotopic (exact) mass is 514 g/mol. The third-order valence-corrected chi connectivity index (χ3v) is 6.79. The second-order valence-electron chi connectivity index (χ2n) is 7.21. The smallest absolute Gasteiger partial charge is 0.389 e. The summed E-state index contributed by atoms with van der Waals surface area (Å²) in [5, 5.41) is 21.1. The molecule has 0 aliphatic carbocycles. The second-order valence-corrected chi connectivity index (χ2v) is 8.99. The van der Waals surface area contributed by atoms with E-state index < -0.39 is 30.3 Å². The van der Waals surface area contributed by atoms with E-state index in [0.29, 0.717) is 11.3 Å². The van der Waals surface area contributed by atoms with Gasteiger partial charge in [-0.15, -0.1) is 11.3 Å². The Bertz CT molecular complexity index is 1080. The maximum atomic E-state index is 13.8. The quantitative estimate of drug-likeness (QED) is 0.418. The van der Waals surface area contributed by atoms with Crippen LogP contribution in [0.5, 0.6) is 0 Å². The number of rotatable bonds is 4. The largest absolute Gasteiger partial charge is 0.410 e. The molecule has 3 aromatic rings. The van der Waals surface area contributed by atoms with E-state index in [-0.39, 0.29) is 22.4 Å². The highest BCUT2D eigenvalue weighted by Gasteiger charge is 2.48. The number of alkyl halides is 3. The lowest BCUT2D eigenvalue weighted by atomic mass is 10.0. The summed E-state index contributed by atoms with van der Waals surface area (Å²) in [6, 6.07) is 7.67. The van der Waals surface area contributed by atoms with Crippen molar-refractivity contribution >= 4 is 44.7 Å². The van der Waals surface area contributed by atoms with Crippen LogP contribution in [-0.4, -0.2) is 27.0 Å². The van der Waals surface area contributed by atoms with Gasteiger partial charge in [0, 0.05) is 17.0 Å². The highest BCUT2D eigenvalue weighted by atomic mass is 79.9. The Balaban J connectivity index is 1.64. The van der Waals surface area contributed by atoms with Crippen LogP contribution in [0.4, 0.5) is 24.7 Å².